The molecule has 0 radical (unpaired) electrons. The van der Waals surface area contributed by atoms with Crippen molar-refractivity contribution in [1.29, 1.82) is 0 Å². The van der Waals surface area contributed by atoms with Crippen molar-refractivity contribution in [2.75, 3.05) is 13.1 Å². The normalized spacial score (nSPS) is 20.1. The number of aromatic amines is 1. The molecule has 0 unspecified atom stereocenters. The van der Waals surface area contributed by atoms with E-state index >= 15 is 0 Å². The minimum absolute atomic E-state index is 0.0903. The first-order chi connectivity index (χ1) is 17.2. The summed E-state index contributed by atoms with van der Waals surface area (Å²) in [4.78, 5) is 47.2. The number of carbonyl (C=O) groups is 3. The maximum atomic E-state index is 14.0. The van der Waals surface area contributed by atoms with Gasteiger partial charge in [0.1, 0.15) is 11.9 Å². The monoisotopic (exact) mass is 490 g/mol. The Morgan fingerprint density at radius 2 is 1.86 bits per heavy atom. The zero-order chi connectivity index (χ0) is 25.6. The molecule has 1 aromatic heterocycles. The molecule has 3 aromatic rings. The summed E-state index contributed by atoms with van der Waals surface area (Å²) < 4.78 is 13.2. The molecule has 1 fully saturated rings. The molecule has 0 saturated carbocycles. The van der Waals surface area contributed by atoms with Crippen molar-refractivity contribution < 1.29 is 18.8 Å². The lowest BCUT2D eigenvalue weighted by Gasteiger charge is -2.36. The molecule has 1 saturated heterocycles. The van der Waals surface area contributed by atoms with Crippen molar-refractivity contribution >= 4 is 28.7 Å². The predicted molar refractivity (Wildman–Crippen MR) is 135 cm³/mol. The first-order valence-corrected chi connectivity index (χ1v) is 12.5. The van der Waals surface area contributed by atoms with E-state index in [2.05, 4.69) is 10.3 Å². The van der Waals surface area contributed by atoms with E-state index in [9.17, 15) is 18.8 Å². The lowest BCUT2D eigenvalue weighted by Crippen LogP contribution is -2.51. The van der Waals surface area contributed by atoms with E-state index < -0.39 is 17.6 Å². The van der Waals surface area contributed by atoms with Crippen LogP contribution in [-0.2, 0) is 28.0 Å². The summed E-state index contributed by atoms with van der Waals surface area (Å²) in [6.07, 6.45) is 1.52. The minimum atomic E-state index is -1.19. The number of hydrogen-bond donors (Lipinski definition) is 2. The molecule has 2 aromatic carbocycles. The Balaban J connectivity index is 1.41. The van der Waals surface area contributed by atoms with Crippen molar-refractivity contribution in [3.05, 3.63) is 71.2 Å². The number of fused-ring (bicyclic) bond motifs is 5. The largest absolute Gasteiger partial charge is 0.356 e. The fourth-order valence-electron chi connectivity index (χ4n) is 5.57. The molecule has 0 spiro atoms. The first-order valence-electron chi connectivity index (χ1n) is 12.5. The first kappa shape index (κ1) is 24.0. The van der Waals surface area contributed by atoms with Gasteiger partial charge in [-0.05, 0) is 61.4 Å². The van der Waals surface area contributed by atoms with Crippen molar-refractivity contribution in [3.63, 3.8) is 0 Å². The number of hydrogen-bond acceptors (Lipinski definition) is 3. The van der Waals surface area contributed by atoms with Gasteiger partial charge in [-0.15, -0.1) is 0 Å². The van der Waals surface area contributed by atoms with Crippen molar-refractivity contribution in [2.24, 2.45) is 5.92 Å². The summed E-state index contributed by atoms with van der Waals surface area (Å²) in [6.45, 7) is 6.44. The zero-order valence-electron chi connectivity index (χ0n) is 20.8. The third-order valence-electron chi connectivity index (χ3n) is 7.43. The predicted octanol–water partition coefficient (Wildman–Crippen LogP) is 4.12. The third-order valence-corrected chi connectivity index (χ3v) is 7.43. The van der Waals surface area contributed by atoms with Crippen LogP contribution in [0, 0.1) is 11.7 Å². The Bertz CT molecular complexity index is 1330. The van der Waals surface area contributed by atoms with E-state index in [4.69, 9.17) is 0 Å². The number of urea groups is 1. The van der Waals surface area contributed by atoms with Crippen LogP contribution in [0.1, 0.15) is 44.0 Å². The fraction of sp³-hybridized carbons (Fsp3) is 0.393. The lowest BCUT2D eigenvalue weighted by molar-refractivity contribution is -0.140. The number of amides is 4. The third kappa shape index (κ3) is 3.85. The van der Waals surface area contributed by atoms with Crippen molar-refractivity contribution in [3.8, 4) is 0 Å². The molecule has 4 amide bonds. The van der Waals surface area contributed by atoms with Gasteiger partial charge in [0.15, 0.2) is 5.54 Å². The molecule has 0 aliphatic carbocycles. The highest BCUT2D eigenvalue weighted by molar-refractivity contribution is 6.11. The van der Waals surface area contributed by atoms with Crippen LogP contribution in [0.5, 0.6) is 0 Å². The number of aromatic nitrogens is 1. The second kappa shape index (κ2) is 9.08. The molecular weight excluding hydrogens is 459 g/mol. The number of para-hydroxylation sites is 1. The van der Waals surface area contributed by atoms with E-state index in [0.717, 1.165) is 27.7 Å². The molecule has 0 bridgehead atoms. The number of rotatable bonds is 7. The second-order valence-electron chi connectivity index (χ2n) is 10.3. The van der Waals surface area contributed by atoms with Crippen LogP contribution < -0.4 is 5.32 Å². The SMILES string of the molecule is CC(C)C[C@H](C(=O)NCCc1ccc(F)cc1)N1C(=O)N2CCc3c([nH]c4ccccc34)[C@@]2(C)C1=O. The molecule has 5 rings (SSSR count). The Morgan fingerprint density at radius 1 is 1.14 bits per heavy atom. The quantitative estimate of drug-likeness (QED) is 0.489. The highest BCUT2D eigenvalue weighted by Crippen LogP contribution is 2.44. The van der Waals surface area contributed by atoms with E-state index in [-0.39, 0.29) is 23.5 Å². The summed E-state index contributed by atoms with van der Waals surface area (Å²) >= 11 is 0. The van der Waals surface area contributed by atoms with Gasteiger partial charge in [-0.2, -0.15) is 0 Å². The van der Waals surface area contributed by atoms with E-state index in [1.54, 1.807) is 24.0 Å². The van der Waals surface area contributed by atoms with Gasteiger partial charge < -0.3 is 15.2 Å². The van der Waals surface area contributed by atoms with Crippen LogP contribution in [0.15, 0.2) is 48.5 Å². The summed E-state index contributed by atoms with van der Waals surface area (Å²) in [5.41, 5.74) is 2.42. The van der Waals surface area contributed by atoms with Gasteiger partial charge >= 0.3 is 6.03 Å². The summed E-state index contributed by atoms with van der Waals surface area (Å²) in [5, 5.41) is 3.96. The fourth-order valence-corrected chi connectivity index (χ4v) is 5.57. The number of H-pyrrole nitrogens is 1. The van der Waals surface area contributed by atoms with Gasteiger partial charge in [0.2, 0.25) is 5.91 Å². The number of imide groups is 1. The van der Waals surface area contributed by atoms with E-state index in [0.29, 0.717) is 32.4 Å². The smallest absolute Gasteiger partial charge is 0.328 e. The molecule has 2 atom stereocenters. The maximum absolute atomic E-state index is 14.0. The Hall–Kier alpha value is -3.68. The standard InChI is InChI=1S/C28H31FN4O3/c1-17(2)16-23(25(34)30-14-12-18-8-10-19(29)11-9-18)33-26(35)28(3)24-21(13-15-32(28)27(33)36)20-6-4-5-7-22(20)31-24/h4-11,17,23,31H,12-16H2,1-3H3,(H,30,34)/t23-,28+/m1/s1. The van der Waals surface area contributed by atoms with Crippen LogP contribution in [0.25, 0.3) is 10.9 Å². The molecule has 3 heterocycles. The molecule has 2 N–H and O–H groups in total. The molecular formula is C28H31FN4O3. The Labute approximate surface area is 209 Å². The van der Waals surface area contributed by atoms with Gasteiger partial charge in [0.05, 0.1) is 5.69 Å². The van der Waals surface area contributed by atoms with E-state index in [1.807, 2.05) is 38.1 Å². The van der Waals surface area contributed by atoms with Crippen LogP contribution in [0.4, 0.5) is 9.18 Å². The summed E-state index contributed by atoms with van der Waals surface area (Å²) in [6, 6.07) is 12.7. The molecule has 188 valence electrons. The molecule has 2 aliphatic rings. The number of benzene rings is 2. The van der Waals surface area contributed by atoms with Gasteiger partial charge in [-0.3, -0.25) is 9.59 Å². The number of carbonyl (C=O) groups excluding carboxylic acids is 3. The van der Waals surface area contributed by atoms with Crippen LogP contribution in [-0.4, -0.2) is 51.8 Å². The molecule has 8 heteroatoms. The van der Waals surface area contributed by atoms with Crippen molar-refractivity contribution in [2.45, 2.75) is 51.6 Å². The number of halogens is 1. The average Bonchev–Trinajstić information content (AvgIpc) is 3.32. The molecule has 36 heavy (non-hydrogen) atoms. The topological polar surface area (TPSA) is 85.5 Å². The van der Waals surface area contributed by atoms with Gasteiger partial charge in [-0.25, -0.2) is 14.1 Å². The van der Waals surface area contributed by atoms with E-state index in [1.165, 1.54) is 17.0 Å². The number of nitrogens with zero attached hydrogens (tertiary/aromatic N) is 2. The zero-order valence-corrected chi connectivity index (χ0v) is 20.8. The van der Waals surface area contributed by atoms with Crippen LogP contribution in [0.3, 0.4) is 0 Å². The van der Waals surface area contributed by atoms with Crippen LogP contribution in [0.2, 0.25) is 0 Å². The van der Waals surface area contributed by atoms with Gasteiger partial charge in [0, 0.05) is 24.0 Å². The summed E-state index contributed by atoms with van der Waals surface area (Å²) in [7, 11) is 0. The van der Waals surface area contributed by atoms with Crippen molar-refractivity contribution in [1.82, 2.24) is 20.1 Å². The minimum Gasteiger partial charge on any atom is -0.356 e. The Morgan fingerprint density at radius 3 is 2.58 bits per heavy atom. The molecule has 7 nitrogen and oxygen atoms in total. The average molecular weight is 491 g/mol. The van der Waals surface area contributed by atoms with Crippen LogP contribution >= 0.6 is 0 Å². The highest BCUT2D eigenvalue weighted by Gasteiger charge is 2.60. The lowest BCUT2D eigenvalue weighted by atomic mass is 9.87. The summed E-state index contributed by atoms with van der Waals surface area (Å²) in [5.74, 6) is -0.950. The van der Waals surface area contributed by atoms with Gasteiger partial charge in [-0.1, -0.05) is 44.2 Å². The van der Waals surface area contributed by atoms with Gasteiger partial charge in [0.25, 0.3) is 5.91 Å². The molecule has 2 aliphatic heterocycles. The highest BCUT2D eigenvalue weighted by atomic mass is 19.1. The number of nitrogens with one attached hydrogen (secondary N) is 2. The maximum Gasteiger partial charge on any atom is 0.328 e. The second-order valence-corrected chi connectivity index (χ2v) is 10.3. The Kier molecular flexibility index (Phi) is 6.06.